The van der Waals surface area contributed by atoms with Gasteiger partial charge in [0.2, 0.25) is 0 Å². The molecular weight excluding hydrogens is 224 g/mol. The Morgan fingerprint density at radius 3 is 3.12 bits per heavy atom. The molecule has 0 radical (unpaired) electrons. The summed E-state index contributed by atoms with van der Waals surface area (Å²) in [5.41, 5.74) is 0.581. The quantitative estimate of drug-likeness (QED) is 0.589. The van der Waals surface area contributed by atoms with Crippen molar-refractivity contribution in [3.05, 3.63) is 24.0 Å². The van der Waals surface area contributed by atoms with Crippen LogP contribution in [0.3, 0.4) is 0 Å². The molecule has 0 aliphatic rings. The molecule has 16 heavy (non-hydrogen) atoms. The fraction of sp³-hybridized carbons (Fsp3) is 0.364. The Bertz CT molecular complexity index is 415. The number of pyridine rings is 1. The molecule has 1 aromatic rings. The summed E-state index contributed by atoms with van der Waals surface area (Å²) in [5.74, 6) is 0.143. The van der Waals surface area contributed by atoms with Crippen LogP contribution in [0, 0.1) is 17.2 Å². The highest BCUT2D eigenvalue weighted by atomic mass is 32.2. The fourth-order valence-electron chi connectivity index (χ4n) is 1.07. The summed E-state index contributed by atoms with van der Waals surface area (Å²) in [6.45, 7) is 1.79. The maximum absolute atomic E-state index is 11.2. The number of nitrogens with zero attached hydrogens (tertiary/aromatic N) is 2. The Morgan fingerprint density at radius 1 is 1.75 bits per heavy atom. The summed E-state index contributed by atoms with van der Waals surface area (Å²) in [7, 11) is 1.37. The Balaban J connectivity index is 2.62. The Labute approximate surface area is 98.6 Å². The van der Waals surface area contributed by atoms with Gasteiger partial charge in [0, 0.05) is 23.0 Å². The van der Waals surface area contributed by atoms with Crippen LogP contribution in [0.15, 0.2) is 23.4 Å². The molecule has 1 heterocycles. The van der Waals surface area contributed by atoms with Gasteiger partial charge >= 0.3 is 5.97 Å². The van der Waals surface area contributed by atoms with E-state index in [1.54, 1.807) is 25.4 Å². The van der Waals surface area contributed by atoms with Gasteiger partial charge in [-0.2, -0.15) is 5.26 Å². The molecule has 1 aromatic heterocycles. The highest BCUT2D eigenvalue weighted by molar-refractivity contribution is 7.99. The molecule has 1 unspecified atom stereocenters. The van der Waals surface area contributed by atoms with Gasteiger partial charge in [-0.05, 0) is 6.07 Å². The topological polar surface area (TPSA) is 63.0 Å². The predicted octanol–water partition coefficient (Wildman–Crippen LogP) is 1.85. The molecule has 0 saturated carbocycles. The molecule has 1 atom stereocenters. The van der Waals surface area contributed by atoms with E-state index in [9.17, 15) is 4.79 Å². The molecule has 0 aliphatic carbocycles. The second kappa shape index (κ2) is 6.13. The summed E-state index contributed by atoms with van der Waals surface area (Å²) >= 11 is 1.44. The van der Waals surface area contributed by atoms with E-state index < -0.39 is 0 Å². The van der Waals surface area contributed by atoms with Crippen LogP contribution < -0.4 is 0 Å². The molecule has 0 spiro atoms. The molecule has 0 N–H and O–H groups in total. The Hall–Kier alpha value is -1.54. The summed E-state index contributed by atoms with van der Waals surface area (Å²) in [6, 6.07) is 3.74. The minimum absolute atomic E-state index is 0.193. The first-order valence-corrected chi connectivity index (χ1v) is 5.72. The zero-order chi connectivity index (χ0) is 12.0. The first-order chi connectivity index (χ1) is 7.69. The molecule has 1 rings (SSSR count). The average Bonchev–Trinajstić information content (AvgIpc) is 2.35. The van der Waals surface area contributed by atoms with Gasteiger partial charge in [-0.25, -0.2) is 0 Å². The van der Waals surface area contributed by atoms with Crippen LogP contribution in [0.2, 0.25) is 0 Å². The van der Waals surface area contributed by atoms with Gasteiger partial charge in [0.15, 0.2) is 0 Å². The first kappa shape index (κ1) is 12.5. The number of ether oxygens (including phenoxy) is 1. The number of carbonyl (C=O) groups excluding carboxylic acids is 1. The predicted molar refractivity (Wildman–Crippen MR) is 60.9 cm³/mol. The van der Waals surface area contributed by atoms with Crippen molar-refractivity contribution in [3.63, 3.8) is 0 Å². The van der Waals surface area contributed by atoms with Crippen LogP contribution in [0.5, 0.6) is 0 Å². The van der Waals surface area contributed by atoms with Gasteiger partial charge in [0.05, 0.1) is 18.6 Å². The van der Waals surface area contributed by atoms with Crippen molar-refractivity contribution in [2.45, 2.75) is 11.8 Å². The molecule has 5 heteroatoms. The first-order valence-electron chi connectivity index (χ1n) is 4.73. The van der Waals surface area contributed by atoms with Crippen molar-refractivity contribution in [3.8, 4) is 6.07 Å². The van der Waals surface area contributed by atoms with Crippen molar-refractivity contribution in [1.82, 2.24) is 4.98 Å². The molecule has 0 aliphatic heterocycles. The lowest BCUT2D eigenvalue weighted by molar-refractivity contribution is -0.143. The van der Waals surface area contributed by atoms with Crippen molar-refractivity contribution >= 4 is 17.7 Å². The van der Waals surface area contributed by atoms with Crippen LogP contribution >= 0.6 is 11.8 Å². The third kappa shape index (κ3) is 3.24. The molecule has 0 saturated heterocycles. The molecular formula is C11H12N2O2S. The van der Waals surface area contributed by atoms with Crippen LogP contribution in [0.4, 0.5) is 0 Å². The Kier molecular flexibility index (Phi) is 4.80. The van der Waals surface area contributed by atoms with Crippen LogP contribution in [-0.4, -0.2) is 23.8 Å². The third-order valence-corrected chi connectivity index (χ3v) is 3.30. The van der Waals surface area contributed by atoms with E-state index in [-0.39, 0.29) is 11.9 Å². The van der Waals surface area contributed by atoms with Gasteiger partial charge in [-0.3, -0.25) is 9.78 Å². The summed E-state index contributed by atoms with van der Waals surface area (Å²) in [4.78, 5) is 15.9. The van der Waals surface area contributed by atoms with Gasteiger partial charge in [0.1, 0.15) is 6.07 Å². The molecule has 0 bridgehead atoms. The molecule has 0 amide bonds. The normalized spacial score (nSPS) is 11.6. The van der Waals surface area contributed by atoms with E-state index in [0.29, 0.717) is 11.3 Å². The standard InChI is InChI=1S/C11H12N2O2S/c1-8(11(14)15-2)7-16-10-6-13-4-3-9(10)5-12/h3-4,6,8H,7H2,1-2H3. The maximum atomic E-state index is 11.2. The summed E-state index contributed by atoms with van der Waals surface area (Å²) in [5, 5.41) is 8.86. The Morgan fingerprint density at radius 2 is 2.50 bits per heavy atom. The molecule has 0 fully saturated rings. The SMILES string of the molecule is COC(=O)C(C)CSc1cnccc1C#N. The van der Waals surface area contributed by atoms with E-state index >= 15 is 0 Å². The minimum atomic E-state index is -0.241. The highest BCUT2D eigenvalue weighted by Gasteiger charge is 2.14. The summed E-state index contributed by atoms with van der Waals surface area (Å²) < 4.78 is 4.62. The number of hydrogen-bond donors (Lipinski definition) is 0. The van der Waals surface area contributed by atoms with Gasteiger partial charge in [-0.15, -0.1) is 11.8 Å². The number of esters is 1. The van der Waals surface area contributed by atoms with Crippen LogP contribution in [0.25, 0.3) is 0 Å². The van der Waals surface area contributed by atoms with Gasteiger partial charge < -0.3 is 4.74 Å². The van der Waals surface area contributed by atoms with Gasteiger partial charge in [0.25, 0.3) is 0 Å². The van der Waals surface area contributed by atoms with Gasteiger partial charge in [-0.1, -0.05) is 6.92 Å². The number of nitriles is 1. The second-order valence-corrected chi connectivity index (χ2v) is 4.28. The van der Waals surface area contributed by atoms with Crippen molar-refractivity contribution in [2.24, 2.45) is 5.92 Å². The number of carbonyl (C=O) groups is 1. The number of aromatic nitrogens is 1. The lowest BCUT2D eigenvalue weighted by atomic mass is 10.2. The van der Waals surface area contributed by atoms with E-state index in [2.05, 4.69) is 15.8 Å². The average molecular weight is 236 g/mol. The summed E-state index contributed by atoms with van der Waals surface area (Å²) in [6.07, 6.45) is 3.21. The molecule has 4 nitrogen and oxygen atoms in total. The molecule has 84 valence electrons. The number of thioether (sulfide) groups is 1. The van der Waals surface area contributed by atoms with Crippen molar-refractivity contribution in [2.75, 3.05) is 12.9 Å². The van der Waals surface area contributed by atoms with E-state index in [1.165, 1.54) is 18.9 Å². The zero-order valence-electron chi connectivity index (χ0n) is 9.14. The monoisotopic (exact) mass is 236 g/mol. The minimum Gasteiger partial charge on any atom is -0.469 e. The zero-order valence-corrected chi connectivity index (χ0v) is 9.95. The third-order valence-electron chi connectivity index (χ3n) is 2.00. The lowest BCUT2D eigenvalue weighted by Gasteiger charge is -2.08. The van der Waals surface area contributed by atoms with Crippen LogP contribution in [0.1, 0.15) is 12.5 Å². The largest absolute Gasteiger partial charge is 0.469 e. The number of hydrogen-bond acceptors (Lipinski definition) is 5. The molecule has 0 aromatic carbocycles. The van der Waals surface area contributed by atoms with E-state index in [0.717, 1.165) is 4.90 Å². The van der Waals surface area contributed by atoms with Crippen LogP contribution in [-0.2, 0) is 9.53 Å². The van der Waals surface area contributed by atoms with E-state index in [1.807, 2.05) is 0 Å². The maximum Gasteiger partial charge on any atom is 0.309 e. The number of rotatable bonds is 4. The van der Waals surface area contributed by atoms with E-state index in [4.69, 9.17) is 5.26 Å². The fourth-order valence-corrected chi connectivity index (χ4v) is 2.04. The smallest absolute Gasteiger partial charge is 0.309 e. The van der Waals surface area contributed by atoms with Crippen molar-refractivity contribution in [1.29, 1.82) is 5.26 Å². The van der Waals surface area contributed by atoms with Crippen molar-refractivity contribution < 1.29 is 9.53 Å². The second-order valence-electron chi connectivity index (χ2n) is 3.22. The number of methoxy groups -OCH3 is 1. The lowest BCUT2D eigenvalue weighted by Crippen LogP contribution is -2.14. The highest BCUT2D eigenvalue weighted by Crippen LogP contribution is 2.23.